The van der Waals surface area contributed by atoms with Gasteiger partial charge in [0.25, 0.3) is 14.2 Å². The van der Waals surface area contributed by atoms with Crippen LogP contribution in [-0.2, 0) is 0 Å². The maximum atomic E-state index is 14.3. The lowest BCUT2D eigenvalue weighted by Crippen LogP contribution is -2.50. The van der Waals surface area contributed by atoms with Gasteiger partial charge >= 0.3 is 6.09 Å². The number of benzene rings is 2. The first-order chi connectivity index (χ1) is 20.4. The van der Waals surface area contributed by atoms with Crippen LogP contribution in [0.2, 0.25) is 16.6 Å². The van der Waals surface area contributed by atoms with E-state index in [1.807, 2.05) is 24.3 Å². The molecule has 2 aromatic carbocycles. The van der Waals surface area contributed by atoms with Crippen molar-refractivity contribution in [3.05, 3.63) is 66.4 Å². The van der Waals surface area contributed by atoms with Crippen LogP contribution in [0.15, 0.2) is 55.3 Å². The van der Waals surface area contributed by atoms with Crippen LogP contribution in [0.3, 0.4) is 0 Å². The number of aliphatic hydroxyl groups excluding tert-OH is 1. The van der Waals surface area contributed by atoms with E-state index in [9.17, 15) is 19.8 Å². The number of rotatable bonds is 13. The lowest BCUT2D eigenvalue weighted by Gasteiger charge is -2.42. The van der Waals surface area contributed by atoms with Gasteiger partial charge in [-0.25, -0.2) is 4.79 Å². The van der Waals surface area contributed by atoms with Crippen LogP contribution in [0.1, 0.15) is 63.9 Å². The molecule has 0 spiro atoms. The smallest absolute Gasteiger partial charge is 0.412 e. The van der Waals surface area contributed by atoms with E-state index in [1.165, 1.54) is 18.1 Å². The number of aliphatic hydroxyl groups is 1. The summed E-state index contributed by atoms with van der Waals surface area (Å²) in [5.74, 6) is 0.997. The molecule has 0 saturated carbocycles. The molecule has 0 saturated heterocycles. The van der Waals surface area contributed by atoms with E-state index in [0.717, 1.165) is 16.0 Å². The molecule has 9 nitrogen and oxygen atoms in total. The number of hydrogen-bond donors (Lipinski definition) is 2. The van der Waals surface area contributed by atoms with Crippen LogP contribution in [0.25, 0.3) is 5.57 Å². The first kappa shape index (κ1) is 33.7. The summed E-state index contributed by atoms with van der Waals surface area (Å²) in [6, 6.07) is 10.1. The predicted octanol–water partition coefficient (Wildman–Crippen LogP) is 7.18. The van der Waals surface area contributed by atoms with E-state index in [2.05, 4.69) is 48.1 Å². The van der Waals surface area contributed by atoms with E-state index in [0.29, 0.717) is 23.7 Å². The van der Waals surface area contributed by atoms with Crippen LogP contribution in [-0.4, -0.2) is 68.8 Å². The first-order valence-electron chi connectivity index (χ1n) is 14.7. The van der Waals surface area contributed by atoms with Gasteiger partial charge in [-0.05, 0) is 52.4 Å². The van der Waals surface area contributed by atoms with E-state index in [1.54, 1.807) is 25.4 Å². The summed E-state index contributed by atoms with van der Waals surface area (Å²) < 4.78 is 18.0. The maximum absolute atomic E-state index is 14.3. The summed E-state index contributed by atoms with van der Waals surface area (Å²) in [4.78, 5) is 29.3. The number of carboxylic acid groups (broad SMARTS) is 1. The molecule has 2 N–H and O–H groups in total. The molecule has 1 atom stereocenters. The summed E-state index contributed by atoms with van der Waals surface area (Å²) >= 11 is 0. The highest BCUT2D eigenvalue weighted by Gasteiger charge is 2.47. The molecule has 1 aliphatic rings. The number of nitrogens with zero attached hydrogens (tertiary/aromatic N) is 2. The zero-order valence-electron chi connectivity index (χ0n) is 26.6. The van der Waals surface area contributed by atoms with Crippen molar-refractivity contribution in [2.45, 2.75) is 70.6 Å². The number of carbonyl (C=O) groups excluding carboxylic acids is 1. The van der Waals surface area contributed by atoms with Crippen molar-refractivity contribution in [3.63, 3.8) is 0 Å². The molecule has 0 fully saturated rings. The number of anilines is 1. The fourth-order valence-corrected chi connectivity index (χ4v) is 11.6. The molecule has 1 aliphatic heterocycles. The molecule has 1 heterocycles. The quantitative estimate of drug-likeness (QED) is 0.183. The minimum Gasteiger partial charge on any atom is -0.540 e. The highest BCUT2D eigenvalue weighted by Crippen LogP contribution is 2.46. The average Bonchev–Trinajstić information content (AvgIpc) is 3.42. The zero-order valence-corrected chi connectivity index (χ0v) is 27.6. The summed E-state index contributed by atoms with van der Waals surface area (Å²) in [7, 11) is 0.628. The van der Waals surface area contributed by atoms with Crippen LogP contribution >= 0.6 is 0 Å². The molecule has 234 valence electrons. The molecule has 10 heteroatoms. The molecule has 43 heavy (non-hydrogen) atoms. The summed E-state index contributed by atoms with van der Waals surface area (Å²) in [6.07, 6.45) is 2.39. The lowest BCUT2D eigenvalue weighted by molar-refractivity contribution is 0.0732. The van der Waals surface area contributed by atoms with Crippen LogP contribution in [0.4, 0.5) is 10.5 Å². The Morgan fingerprint density at radius 3 is 2.09 bits per heavy atom. The highest BCUT2D eigenvalue weighted by molar-refractivity contribution is 6.78. The van der Waals surface area contributed by atoms with Crippen molar-refractivity contribution in [2.75, 3.05) is 32.3 Å². The van der Waals surface area contributed by atoms with Crippen molar-refractivity contribution in [1.82, 2.24) is 4.90 Å². The zero-order chi connectivity index (χ0) is 32.1. The van der Waals surface area contributed by atoms with Crippen molar-refractivity contribution in [1.29, 1.82) is 0 Å². The van der Waals surface area contributed by atoms with Crippen LogP contribution in [0.5, 0.6) is 17.2 Å². The Labute approximate surface area is 256 Å². The van der Waals surface area contributed by atoms with E-state index < -0.39 is 26.4 Å². The molecule has 0 radical (unpaired) electrons. The third-order valence-corrected chi connectivity index (χ3v) is 14.4. The lowest BCUT2D eigenvalue weighted by atomic mass is 10.0. The largest absolute Gasteiger partial charge is 0.540 e. The fraction of sp³-hybridized carbons (Fsp3) is 0.455. The molecule has 2 aromatic rings. The molecule has 0 aliphatic carbocycles. The molecule has 3 rings (SSSR count). The minimum absolute atomic E-state index is 0.0428. The predicted molar refractivity (Wildman–Crippen MR) is 173 cm³/mol. The average molecular weight is 611 g/mol. The van der Waals surface area contributed by atoms with Gasteiger partial charge in [0.2, 0.25) is 0 Å². The monoisotopic (exact) mass is 610 g/mol. The Hall–Kier alpha value is -3.76. The second kappa shape index (κ2) is 14.1. The Morgan fingerprint density at radius 1 is 1.02 bits per heavy atom. The molecule has 0 aromatic heterocycles. The van der Waals surface area contributed by atoms with Gasteiger partial charge < -0.3 is 29.0 Å². The third-order valence-electron chi connectivity index (χ3n) is 8.39. The maximum Gasteiger partial charge on any atom is 0.412 e. The van der Waals surface area contributed by atoms with Gasteiger partial charge in [0.1, 0.15) is 11.5 Å². The number of methoxy groups -OCH3 is 2. The molecule has 0 bridgehead atoms. The molecular formula is C33H46N2O7Si. The number of ether oxygens (including phenoxy) is 2. The second-order valence-electron chi connectivity index (χ2n) is 11.8. The number of amides is 2. The van der Waals surface area contributed by atoms with E-state index in [-0.39, 0.29) is 41.0 Å². The minimum atomic E-state index is -2.47. The Balaban J connectivity index is 2.21. The van der Waals surface area contributed by atoms with Crippen LogP contribution in [0, 0.1) is 0 Å². The summed E-state index contributed by atoms with van der Waals surface area (Å²) in [5.41, 5.74) is 2.80. The van der Waals surface area contributed by atoms with Gasteiger partial charge in [-0.2, -0.15) is 0 Å². The third kappa shape index (κ3) is 6.75. The summed E-state index contributed by atoms with van der Waals surface area (Å²) in [6.45, 7) is 16.4. The highest BCUT2D eigenvalue weighted by atomic mass is 28.4. The first-order valence-corrected chi connectivity index (χ1v) is 16.8. The fourth-order valence-electron chi connectivity index (χ4n) is 6.33. The topological polar surface area (TPSA) is 109 Å². The SMILES string of the molecule is C=CCN(C(=O)O)c1cc(O[Si](C(C)C)(C(C)C)C(C)C)c(OC)cc1C(=O)N1C=C(c2ccc(OC)cc2)C[C@H]1CO. The number of hydrogen-bond acceptors (Lipinski definition) is 6. The Kier molecular flexibility index (Phi) is 11.1. The van der Waals surface area contributed by atoms with Crippen LogP contribution < -0.4 is 18.8 Å². The summed E-state index contributed by atoms with van der Waals surface area (Å²) in [5, 5.41) is 20.5. The van der Waals surface area contributed by atoms with Gasteiger partial charge in [0.05, 0.1) is 38.1 Å². The Morgan fingerprint density at radius 2 is 1.63 bits per heavy atom. The van der Waals surface area contributed by atoms with Gasteiger partial charge in [-0.15, -0.1) is 6.58 Å². The van der Waals surface area contributed by atoms with Crippen molar-refractivity contribution < 1.29 is 33.7 Å². The molecule has 2 amide bonds. The van der Waals surface area contributed by atoms with Gasteiger partial charge in [-0.3, -0.25) is 9.69 Å². The molecular weight excluding hydrogens is 564 g/mol. The van der Waals surface area contributed by atoms with Crippen molar-refractivity contribution in [2.24, 2.45) is 0 Å². The number of carbonyl (C=O) groups is 2. The van der Waals surface area contributed by atoms with E-state index in [4.69, 9.17) is 13.9 Å². The molecule has 0 unspecified atom stereocenters. The van der Waals surface area contributed by atoms with Crippen molar-refractivity contribution in [3.8, 4) is 17.2 Å². The normalized spacial score (nSPS) is 15.1. The second-order valence-corrected chi connectivity index (χ2v) is 17.1. The van der Waals surface area contributed by atoms with Crippen molar-refractivity contribution >= 4 is 31.6 Å². The van der Waals surface area contributed by atoms with Gasteiger partial charge in [0.15, 0.2) is 5.75 Å². The standard InChI is InChI=1S/C33H46N2O7Si/c1-10-15-34(33(38)39)29-18-31(42-43(21(2)3,22(4)5)23(6)7)30(41-9)17-28(29)32(37)35-19-25(16-26(35)20-36)24-11-13-27(40-8)14-12-24/h10-14,17-19,21-23,26,36H,1,15-16,20H2,2-9H3,(H,38,39)/t26-/m0/s1. The van der Waals surface area contributed by atoms with Gasteiger partial charge in [0, 0.05) is 18.8 Å². The van der Waals surface area contributed by atoms with E-state index >= 15 is 0 Å². The van der Waals surface area contributed by atoms with Gasteiger partial charge in [-0.1, -0.05) is 59.8 Å². The Bertz CT molecular complexity index is 1320.